The molecule has 9 heteroatoms. The van der Waals surface area contributed by atoms with Crippen molar-refractivity contribution in [1.82, 2.24) is 5.43 Å². The Labute approximate surface area is 163 Å². The molecule has 0 unspecified atom stereocenters. The molecule has 0 atom stereocenters. The highest BCUT2D eigenvalue weighted by Crippen LogP contribution is 2.32. The van der Waals surface area contributed by atoms with E-state index in [0.29, 0.717) is 27.7 Å². The van der Waals surface area contributed by atoms with Gasteiger partial charge in [-0.05, 0) is 42.5 Å². The number of rotatable bonds is 5. The van der Waals surface area contributed by atoms with Crippen molar-refractivity contribution in [1.29, 1.82) is 0 Å². The second-order valence-corrected chi connectivity index (χ2v) is 6.17. The molecule has 1 amide bonds. The van der Waals surface area contributed by atoms with Gasteiger partial charge in [0, 0.05) is 28.3 Å². The molecule has 1 N–H and O–H groups in total. The molecule has 1 heterocycles. The van der Waals surface area contributed by atoms with Gasteiger partial charge < -0.3 is 4.42 Å². The van der Waals surface area contributed by atoms with Crippen molar-refractivity contribution in [3.05, 3.63) is 86.1 Å². The summed E-state index contributed by atoms with van der Waals surface area (Å²) in [5, 5.41) is 15.3. The Hall–Kier alpha value is -3.16. The number of hydrazone groups is 1. The molecule has 0 aliphatic heterocycles. The lowest BCUT2D eigenvalue weighted by atomic mass is 10.1. The Kier molecular flexibility index (Phi) is 5.54. The van der Waals surface area contributed by atoms with E-state index in [0.717, 1.165) is 0 Å². The zero-order valence-electron chi connectivity index (χ0n) is 13.6. The lowest BCUT2D eigenvalue weighted by molar-refractivity contribution is -0.384. The zero-order valence-corrected chi connectivity index (χ0v) is 15.1. The summed E-state index contributed by atoms with van der Waals surface area (Å²) >= 11 is 11.8. The van der Waals surface area contributed by atoms with Gasteiger partial charge in [0.2, 0.25) is 0 Å². The van der Waals surface area contributed by atoms with Crippen LogP contribution in [0.3, 0.4) is 0 Å². The Bertz CT molecular complexity index is 1030. The van der Waals surface area contributed by atoms with Crippen molar-refractivity contribution in [2.75, 3.05) is 0 Å². The SMILES string of the molecule is O=C(N/N=C/c1ccc(-c2ccc([N+](=O)[O-])cc2Cl)o1)c1ccc(Cl)cc1. The number of nitrogens with zero attached hydrogens (tertiary/aromatic N) is 2. The van der Waals surface area contributed by atoms with Crippen LogP contribution in [0, 0.1) is 10.1 Å². The van der Waals surface area contributed by atoms with Gasteiger partial charge in [-0.1, -0.05) is 23.2 Å². The minimum atomic E-state index is -0.529. The van der Waals surface area contributed by atoms with E-state index < -0.39 is 10.8 Å². The van der Waals surface area contributed by atoms with Crippen LogP contribution in [0.2, 0.25) is 10.0 Å². The van der Waals surface area contributed by atoms with Gasteiger partial charge in [-0.25, -0.2) is 5.43 Å². The minimum Gasteiger partial charge on any atom is -0.455 e. The molecule has 0 bridgehead atoms. The van der Waals surface area contributed by atoms with Gasteiger partial charge in [0.15, 0.2) is 0 Å². The average Bonchev–Trinajstić information content (AvgIpc) is 3.10. The number of carbonyl (C=O) groups is 1. The molecule has 0 aliphatic rings. The first-order chi connectivity index (χ1) is 12.9. The number of hydrogen-bond donors (Lipinski definition) is 1. The van der Waals surface area contributed by atoms with Crippen LogP contribution in [0.1, 0.15) is 16.1 Å². The molecule has 136 valence electrons. The van der Waals surface area contributed by atoms with E-state index in [2.05, 4.69) is 10.5 Å². The van der Waals surface area contributed by atoms with Gasteiger partial charge in [0.25, 0.3) is 11.6 Å². The molecule has 7 nitrogen and oxygen atoms in total. The largest absolute Gasteiger partial charge is 0.455 e. The van der Waals surface area contributed by atoms with Crippen molar-refractivity contribution < 1.29 is 14.1 Å². The van der Waals surface area contributed by atoms with Crippen LogP contribution >= 0.6 is 23.2 Å². The van der Waals surface area contributed by atoms with Gasteiger partial charge >= 0.3 is 0 Å². The van der Waals surface area contributed by atoms with E-state index in [1.165, 1.54) is 24.4 Å². The molecule has 3 aromatic rings. The van der Waals surface area contributed by atoms with Gasteiger partial charge in [0.1, 0.15) is 11.5 Å². The summed E-state index contributed by atoms with van der Waals surface area (Å²) in [4.78, 5) is 22.2. The van der Waals surface area contributed by atoms with Crippen molar-refractivity contribution in [2.45, 2.75) is 0 Å². The summed E-state index contributed by atoms with van der Waals surface area (Å²) in [5.41, 5.74) is 3.18. The molecule has 2 aromatic carbocycles. The fraction of sp³-hybridized carbons (Fsp3) is 0. The lowest BCUT2D eigenvalue weighted by Gasteiger charge is -2.00. The van der Waals surface area contributed by atoms with E-state index in [4.69, 9.17) is 27.6 Å². The first-order valence-electron chi connectivity index (χ1n) is 7.57. The second kappa shape index (κ2) is 8.03. The Morgan fingerprint density at radius 3 is 2.52 bits per heavy atom. The fourth-order valence-corrected chi connectivity index (χ4v) is 2.60. The van der Waals surface area contributed by atoms with Crippen LogP contribution in [0.5, 0.6) is 0 Å². The number of halogens is 2. The Balaban J connectivity index is 1.69. The molecular weight excluding hydrogens is 393 g/mol. The fourth-order valence-electron chi connectivity index (χ4n) is 2.20. The van der Waals surface area contributed by atoms with Crippen LogP contribution < -0.4 is 5.43 Å². The summed E-state index contributed by atoms with van der Waals surface area (Å²) in [6.45, 7) is 0. The number of nitro groups is 1. The molecule has 0 fully saturated rings. The number of nitrogens with one attached hydrogen (secondary N) is 1. The molecule has 3 rings (SSSR count). The van der Waals surface area contributed by atoms with Gasteiger partial charge in [-0.15, -0.1) is 0 Å². The minimum absolute atomic E-state index is 0.109. The van der Waals surface area contributed by atoms with E-state index >= 15 is 0 Å². The van der Waals surface area contributed by atoms with Crippen LogP contribution in [0.4, 0.5) is 5.69 Å². The molecule has 0 aliphatic carbocycles. The van der Waals surface area contributed by atoms with Gasteiger partial charge in [-0.3, -0.25) is 14.9 Å². The Morgan fingerprint density at radius 2 is 1.85 bits per heavy atom. The summed E-state index contributed by atoms with van der Waals surface area (Å²) in [5.74, 6) is 0.393. The topological polar surface area (TPSA) is 97.7 Å². The Morgan fingerprint density at radius 1 is 1.11 bits per heavy atom. The van der Waals surface area contributed by atoms with Crippen LogP contribution in [-0.2, 0) is 0 Å². The van der Waals surface area contributed by atoms with Gasteiger partial charge in [-0.2, -0.15) is 5.10 Å². The highest BCUT2D eigenvalue weighted by molar-refractivity contribution is 6.33. The molecule has 1 aromatic heterocycles. The van der Waals surface area contributed by atoms with E-state index in [1.807, 2.05) is 0 Å². The maximum Gasteiger partial charge on any atom is 0.271 e. The molecule has 0 spiro atoms. The first-order valence-corrected chi connectivity index (χ1v) is 8.33. The average molecular weight is 404 g/mol. The predicted molar refractivity (Wildman–Crippen MR) is 102 cm³/mol. The monoisotopic (exact) mass is 403 g/mol. The number of benzene rings is 2. The highest BCUT2D eigenvalue weighted by atomic mass is 35.5. The molecule has 0 saturated heterocycles. The third kappa shape index (κ3) is 4.52. The second-order valence-electron chi connectivity index (χ2n) is 5.33. The quantitative estimate of drug-likeness (QED) is 0.371. The van der Waals surface area contributed by atoms with Crippen molar-refractivity contribution in [3.8, 4) is 11.3 Å². The standard InChI is InChI=1S/C18H11Cl2N3O4/c19-12-3-1-11(2-4-12)18(24)22-21-10-14-6-8-17(27-14)15-7-5-13(23(25)26)9-16(15)20/h1-10H,(H,22,24)/b21-10+. The number of carbonyl (C=O) groups excluding carboxylic acids is 1. The number of nitro benzene ring substituents is 1. The number of furan rings is 1. The normalized spacial score (nSPS) is 10.9. The molecule has 0 radical (unpaired) electrons. The summed E-state index contributed by atoms with van der Waals surface area (Å²) in [6.07, 6.45) is 1.33. The summed E-state index contributed by atoms with van der Waals surface area (Å²) in [6, 6.07) is 13.7. The predicted octanol–water partition coefficient (Wildman–Crippen LogP) is 4.93. The summed E-state index contributed by atoms with van der Waals surface area (Å²) in [7, 11) is 0. The molecule has 0 saturated carbocycles. The van der Waals surface area contributed by atoms with E-state index in [9.17, 15) is 14.9 Å². The third-order valence-corrected chi connectivity index (χ3v) is 4.08. The van der Waals surface area contributed by atoms with Crippen LogP contribution in [-0.4, -0.2) is 17.0 Å². The third-order valence-electron chi connectivity index (χ3n) is 3.52. The van der Waals surface area contributed by atoms with Crippen molar-refractivity contribution in [3.63, 3.8) is 0 Å². The number of amides is 1. The molecule has 27 heavy (non-hydrogen) atoms. The zero-order chi connectivity index (χ0) is 19.4. The van der Waals surface area contributed by atoms with Crippen LogP contribution in [0.15, 0.2) is 64.1 Å². The van der Waals surface area contributed by atoms with Gasteiger partial charge in [0.05, 0.1) is 16.2 Å². The maximum absolute atomic E-state index is 11.9. The lowest BCUT2D eigenvalue weighted by Crippen LogP contribution is -2.17. The van der Waals surface area contributed by atoms with E-state index in [-0.39, 0.29) is 10.7 Å². The number of non-ortho nitro benzene ring substituents is 1. The number of hydrogen-bond acceptors (Lipinski definition) is 5. The highest BCUT2D eigenvalue weighted by Gasteiger charge is 2.13. The van der Waals surface area contributed by atoms with Crippen molar-refractivity contribution in [2.24, 2.45) is 5.10 Å². The molecular formula is C18H11Cl2N3O4. The maximum atomic E-state index is 11.9. The smallest absolute Gasteiger partial charge is 0.271 e. The van der Waals surface area contributed by atoms with Crippen LogP contribution in [0.25, 0.3) is 11.3 Å². The summed E-state index contributed by atoms with van der Waals surface area (Å²) < 4.78 is 5.58. The first kappa shape index (κ1) is 18.6. The van der Waals surface area contributed by atoms with Crippen molar-refractivity contribution >= 4 is 41.0 Å². The van der Waals surface area contributed by atoms with E-state index in [1.54, 1.807) is 36.4 Å².